The summed E-state index contributed by atoms with van der Waals surface area (Å²) in [5.74, 6) is -0.188. The Morgan fingerprint density at radius 2 is 1.50 bits per heavy atom. The van der Waals surface area contributed by atoms with Crippen LogP contribution >= 0.6 is 0 Å². The molecule has 0 unspecified atom stereocenters. The van der Waals surface area contributed by atoms with Gasteiger partial charge in [-0.1, -0.05) is 13.8 Å². The second-order valence-corrected chi connectivity index (χ2v) is 11.0. The molecule has 0 saturated carbocycles. The van der Waals surface area contributed by atoms with Crippen molar-refractivity contribution in [3.05, 3.63) is 35.4 Å². The molecule has 2 rings (SSSR count). The minimum absolute atomic E-state index is 0.00573. The molecule has 0 aliphatic carbocycles. The van der Waals surface area contributed by atoms with E-state index in [-0.39, 0.29) is 34.6 Å². The van der Waals surface area contributed by atoms with Gasteiger partial charge in [0.2, 0.25) is 5.91 Å². The van der Waals surface area contributed by atoms with Gasteiger partial charge >= 0.3 is 0 Å². The molecular formula is C25H40N4O3. The van der Waals surface area contributed by atoms with Gasteiger partial charge in [-0.3, -0.25) is 14.4 Å². The van der Waals surface area contributed by atoms with Gasteiger partial charge in [0.05, 0.1) is 0 Å². The summed E-state index contributed by atoms with van der Waals surface area (Å²) < 4.78 is 0. The molecular weight excluding hydrogens is 404 g/mol. The normalized spacial score (nSPS) is 15.6. The number of hydrogen-bond donors (Lipinski definition) is 2. The smallest absolute Gasteiger partial charge is 0.253 e. The predicted molar refractivity (Wildman–Crippen MR) is 128 cm³/mol. The Labute approximate surface area is 192 Å². The van der Waals surface area contributed by atoms with Crippen LogP contribution < -0.4 is 10.6 Å². The number of carbonyl (C=O) groups excluding carboxylic acids is 3. The van der Waals surface area contributed by atoms with Crippen LogP contribution in [0.25, 0.3) is 0 Å². The summed E-state index contributed by atoms with van der Waals surface area (Å²) in [5.41, 5.74) is 0.783. The fourth-order valence-corrected chi connectivity index (χ4v) is 4.09. The predicted octanol–water partition coefficient (Wildman–Crippen LogP) is 2.77. The molecule has 1 heterocycles. The number of rotatable bonds is 7. The van der Waals surface area contributed by atoms with Crippen molar-refractivity contribution < 1.29 is 14.4 Å². The Morgan fingerprint density at radius 3 is 2.00 bits per heavy atom. The van der Waals surface area contributed by atoms with Crippen LogP contribution in [0.4, 0.5) is 0 Å². The van der Waals surface area contributed by atoms with E-state index in [2.05, 4.69) is 29.4 Å². The summed E-state index contributed by atoms with van der Waals surface area (Å²) in [5, 5.41) is 6.02. The lowest BCUT2D eigenvalue weighted by molar-refractivity contribution is -0.126. The molecule has 1 aromatic carbocycles. The second kappa shape index (κ2) is 10.5. The highest BCUT2D eigenvalue weighted by Crippen LogP contribution is 2.21. The number of carbonyl (C=O) groups is 3. The first-order valence-corrected chi connectivity index (χ1v) is 11.4. The largest absolute Gasteiger partial charge is 0.355 e. The van der Waals surface area contributed by atoms with Gasteiger partial charge in [0.1, 0.15) is 0 Å². The van der Waals surface area contributed by atoms with Crippen molar-refractivity contribution in [2.45, 2.75) is 53.0 Å². The third-order valence-corrected chi connectivity index (χ3v) is 5.52. The van der Waals surface area contributed by atoms with Crippen LogP contribution in [0.2, 0.25) is 0 Å². The van der Waals surface area contributed by atoms with E-state index in [1.807, 2.05) is 34.9 Å². The minimum atomic E-state index is -0.315. The van der Waals surface area contributed by atoms with Crippen LogP contribution in [0.3, 0.4) is 0 Å². The highest BCUT2D eigenvalue weighted by Gasteiger charge is 2.29. The Bertz CT molecular complexity index is 801. The maximum Gasteiger partial charge on any atom is 0.253 e. The molecule has 0 radical (unpaired) electrons. The molecule has 0 spiro atoms. The third-order valence-electron chi connectivity index (χ3n) is 5.52. The molecule has 1 aliphatic rings. The molecule has 178 valence electrons. The number of amides is 3. The molecule has 0 bridgehead atoms. The van der Waals surface area contributed by atoms with E-state index in [4.69, 9.17) is 0 Å². The van der Waals surface area contributed by atoms with E-state index in [0.29, 0.717) is 43.6 Å². The first-order chi connectivity index (χ1) is 14.8. The highest BCUT2D eigenvalue weighted by atomic mass is 16.2. The van der Waals surface area contributed by atoms with E-state index < -0.39 is 0 Å². The molecule has 1 fully saturated rings. The molecule has 3 amide bonds. The van der Waals surface area contributed by atoms with E-state index in [9.17, 15) is 14.4 Å². The van der Waals surface area contributed by atoms with Gasteiger partial charge in [0.25, 0.3) is 11.8 Å². The number of hydrogen-bond acceptors (Lipinski definition) is 4. The fraction of sp³-hybridized carbons (Fsp3) is 0.640. The number of likely N-dealkylation sites (tertiary alicyclic amines) is 1. The van der Waals surface area contributed by atoms with Crippen molar-refractivity contribution in [2.24, 2.45) is 11.3 Å². The number of benzene rings is 1. The quantitative estimate of drug-likeness (QED) is 0.678. The lowest BCUT2D eigenvalue weighted by Crippen LogP contribution is -2.46. The van der Waals surface area contributed by atoms with Gasteiger partial charge < -0.3 is 20.4 Å². The van der Waals surface area contributed by atoms with Crippen molar-refractivity contribution in [1.82, 2.24) is 20.4 Å². The zero-order valence-electron chi connectivity index (χ0n) is 20.7. The van der Waals surface area contributed by atoms with Crippen LogP contribution in [0.5, 0.6) is 0 Å². The Balaban J connectivity index is 1.85. The Morgan fingerprint density at radius 1 is 0.969 bits per heavy atom. The second-order valence-electron chi connectivity index (χ2n) is 11.0. The van der Waals surface area contributed by atoms with Crippen LogP contribution in [-0.2, 0) is 4.79 Å². The third kappa shape index (κ3) is 7.93. The van der Waals surface area contributed by atoms with Crippen LogP contribution in [0.1, 0.15) is 68.2 Å². The maximum atomic E-state index is 12.9. The molecule has 0 atom stereocenters. The zero-order valence-corrected chi connectivity index (χ0v) is 20.7. The SMILES string of the molecule is CN(C)CC(C)(C)CNC(=O)C1CCN(C(=O)c2ccc(C(=O)NC(C)(C)C)cc2)CC1. The molecule has 1 aliphatic heterocycles. The Hall–Kier alpha value is -2.41. The lowest BCUT2D eigenvalue weighted by Gasteiger charge is -2.33. The topological polar surface area (TPSA) is 81.8 Å². The summed E-state index contributed by atoms with van der Waals surface area (Å²) in [6.45, 7) is 12.7. The number of nitrogens with zero attached hydrogens (tertiary/aromatic N) is 2. The van der Waals surface area contributed by atoms with Gasteiger partial charge in [-0.05, 0) is 77.4 Å². The fourth-order valence-electron chi connectivity index (χ4n) is 4.09. The van der Waals surface area contributed by atoms with E-state index in [1.54, 1.807) is 29.2 Å². The zero-order chi connectivity index (χ0) is 24.1. The summed E-state index contributed by atoms with van der Waals surface area (Å²) in [7, 11) is 4.06. The minimum Gasteiger partial charge on any atom is -0.355 e. The summed E-state index contributed by atoms with van der Waals surface area (Å²) in [6.07, 6.45) is 1.33. The van der Waals surface area contributed by atoms with E-state index >= 15 is 0 Å². The molecule has 0 aromatic heterocycles. The van der Waals surface area contributed by atoms with Crippen molar-refractivity contribution in [1.29, 1.82) is 0 Å². The van der Waals surface area contributed by atoms with Gasteiger partial charge in [-0.2, -0.15) is 0 Å². The van der Waals surface area contributed by atoms with E-state index in [1.165, 1.54) is 0 Å². The van der Waals surface area contributed by atoms with Gasteiger partial charge in [0.15, 0.2) is 0 Å². The molecule has 7 heteroatoms. The van der Waals surface area contributed by atoms with Crippen molar-refractivity contribution >= 4 is 17.7 Å². The first kappa shape index (κ1) is 25.8. The monoisotopic (exact) mass is 444 g/mol. The van der Waals surface area contributed by atoms with Gasteiger partial charge in [0, 0.05) is 48.8 Å². The molecule has 32 heavy (non-hydrogen) atoms. The van der Waals surface area contributed by atoms with Crippen molar-refractivity contribution in [2.75, 3.05) is 40.3 Å². The molecule has 1 aromatic rings. The molecule has 1 saturated heterocycles. The van der Waals surface area contributed by atoms with Crippen molar-refractivity contribution in [3.63, 3.8) is 0 Å². The first-order valence-electron chi connectivity index (χ1n) is 11.4. The van der Waals surface area contributed by atoms with Gasteiger partial charge in [-0.25, -0.2) is 0 Å². The average molecular weight is 445 g/mol. The van der Waals surface area contributed by atoms with Crippen LogP contribution in [-0.4, -0.2) is 73.3 Å². The lowest BCUT2D eigenvalue weighted by atomic mass is 9.91. The average Bonchev–Trinajstić information content (AvgIpc) is 2.69. The van der Waals surface area contributed by atoms with Crippen molar-refractivity contribution in [3.8, 4) is 0 Å². The highest BCUT2D eigenvalue weighted by molar-refractivity contribution is 5.98. The number of piperidine rings is 1. The van der Waals surface area contributed by atoms with Crippen LogP contribution in [0.15, 0.2) is 24.3 Å². The summed E-state index contributed by atoms with van der Waals surface area (Å²) >= 11 is 0. The molecule has 2 N–H and O–H groups in total. The maximum absolute atomic E-state index is 12.9. The Kier molecular flexibility index (Phi) is 8.46. The number of nitrogens with one attached hydrogen (secondary N) is 2. The molecule has 7 nitrogen and oxygen atoms in total. The van der Waals surface area contributed by atoms with Crippen LogP contribution in [0, 0.1) is 11.3 Å². The summed E-state index contributed by atoms with van der Waals surface area (Å²) in [6, 6.07) is 6.77. The van der Waals surface area contributed by atoms with Gasteiger partial charge in [-0.15, -0.1) is 0 Å². The van der Waals surface area contributed by atoms with E-state index in [0.717, 1.165) is 6.54 Å². The summed E-state index contributed by atoms with van der Waals surface area (Å²) in [4.78, 5) is 41.7. The standard InChI is InChI=1S/C25H40N4O3/c1-24(2,3)27-22(31)18-8-10-20(11-9-18)23(32)29-14-12-19(13-15-29)21(30)26-16-25(4,5)17-28(6)7/h8-11,19H,12-17H2,1-7H3,(H,26,30)(H,27,31).